The van der Waals surface area contributed by atoms with Crippen LogP contribution in [0.1, 0.15) is 32.6 Å². The summed E-state index contributed by atoms with van der Waals surface area (Å²) >= 11 is 1.82. The average Bonchev–Trinajstić information content (AvgIpc) is 3.11. The zero-order chi connectivity index (χ0) is 12.6. The van der Waals surface area contributed by atoms with Crippen molar-refractivity contribution in [2.75, 3.05) is 18.1 Å². The third-order valence-electron chi connectivity index (χ3n) is 2.59. The Hall–Kier alpha value is -1.02. The van der Waals surface area contributed by atoms with Crippen LogP contribution in [0.5, 0.6) is 0 Å². The highest BCUT2D eigenvalue weighted by atomic mass is 32.2. The summed E-state index contributed by atoms with van der Waals surface area (Å²) in [6.07, 6.45) is 8.35. The molecular formula is C12H19N3OS. The van der Waals surface area contributed by atoms with Crippen molar-refractivity contribution in [1.29, 1.82) is 0 Å². The normalized spacial score (nSPS) is 15.3. The van der Waals surface area contributed by atoms with E-state index in [-0.39, 0.29) is 11.6 Å². The zero-order valence-electron chi connectivity index (χ0n) is 10.2. The summed E-state index contributed by atoms with van der Waals surface area (Å²) in [5.41, 5.74) is -0.161. The predicted octanol–water partition coefficient (Wildman–Crippen LogP) is 2.21. The van der Waals surface area contributed by atoms with Crippen LogP contribution < -0.4 is 5.32 Å². The molecule has 0 aromatic rings. The minimum absolute atomic E-state index is 0.114. The first-order chi connectivity index (χ1) is 8.22. The summed E-state index contributed by atoms with van der Waals surface area (Å²) in [4.78, 5) is 11.0. The van der Waals surface area contributed by atoms with Crippen molar-refractivity contribution in [3.8, 4) is 12.3 Å². The molecule has 0 saturated heterocycles. The smallest absolute Gasteiger partial charge is 0.219 e. The Labute approximate surface area is 107 Å². The van der Waals surface area contributed by atoms with Crippen molar-refractivity contribution < 1.29 is 4.79 Å². The molecule has 0 atom stereocenters. The molecule has 1 amide bonds. The highest BCUT2D eigenvalue weighted by molar-refractivity contribution is 7.99. The summed E-state index contributed by atoms with van der Waals surface area (Å²) in [7, 11) is 0. The van der Waals surface area contributed by atoms with Crippen molar-refractivity contribution in [1.82, 2.24) is 5.32 Å². The van der Waals surface area contributed by atoms with Gasteiger partial charge in [0.25, 0.3) is 0 Å². The number of rotatable bonds is 9. The fourth-order valence-electron chi connectivity index (χ4n) is 1.39. The van der Waals surface area contributed by atoms with Gasteiger partial charge in [0.15, 0.2) is 5.66 Å². The number of amides is 1. The molecule has 1 heterocycles. The molecule has 1 aliphatic rings. The fourth-order valence-corrected chi connectivity index (χ4v) is 2.32. The van der Waals surface area contributed by atoms with E-state index in [2.05, 4.69) is 21.5 Å². The van der Waals surface area contributed by atoms with Gasteiger partial charge in [0.2, 0.25) is 5.91 Å². The van der Waals surface area contributed by atoms with Crippen molar-refractivity contribution in [2.24, 2.45) is 10.2 Å². The maximum Gasteiger partial charge on any atom is 0.219 e. The van der Waals surface area contributed by atoms with Gasteiger partial charge in [-0.25, -0.2) is 0 Å². The van der Waals surface area contributed by atoms with E-state index in [4.69, 9.17) is 6.42 Å². The highest BCUT2D eigenvalue weighted by Gasteiger charge is 2.38. The Kier molecular flexibility index (Phi) is 6.06. The molecule has 0 radical (unpaired) electrons. The predicted molar refractivity (Wildman–Crippen MR) is 70.9 cm³/mol. The van der Waals surface area contributed by atoms with Crippen LogP contribution in [0.2, 0.25) is 0 Å². The van der Waals surface area contributed by atoms with Crippen molar-refractivity contribution >= 4 is 17.7 Å². The van der Waals surface area contributed by atoms with E-state index in [9.17, 15) is 4.79 Å². The van der Waals surface area contributed by atoms with Gasteiger partial charge in [-0.2, -0.15) is 22.0 Å². The van der Waals surface area contributed by atoms with E-state index in [0.29, 0.717) is 6.42 Å². The van der Waals surface area contributed by atoms with Crippen molar-refractivity contribution in [3.63, 3.8) is 0 Å². The number of nitrogens with one attached hydrogen (secondary N) is 1. The molecule has 0 bridgehead atoms. The molecular weight excluding hydrogens is 234 g/mol. The molecule has 1 N–H and O–H groups in total. The van der Waals surface area contributed by atoms with Gasteiger partial charge < -0.3 is 5.32 Å². The molecule has 0 unspecified atom stereocenters. The number of terminal acetylenes is 1. The monoisotopic (exact) mass is 253 g/mol. The molecule has 1 aliphatic heterocycles. The lowest BCUT2D eigenvalue weighted by Crippen LogP contribution is -2.24. The lowest BCUT2D eigenvalue weighted by Gasteiger charge is -2.08. The van der Waals surface area contributed by atoms with Gasteiger partial charge in [0.1, 0.15) is 0 Å². The molecule has 0 aromatic carbocycles. The number of carbonyl (C=O) groups excluding carboxylic acids is 1. The summed E-state index contributed by atoms with van der Waals surface area (Å²) in [5.74, 6) is 4.69. The topological polar surface area (TPSA) is 53.8 Å². The van der Waals surface area contributed by atoms with E-state index in [0.717, 1.165) is 37.3 Å². The first-order valence-corrected chi connectivity index (χ1v) is 7.10. The SMILES string of the molecule is C#CCCC1(CCSCCNC(=O)CC)N=N1. The summed E-state index contributed by atoms with van der Waals surface area (Å²) in [6, 6.07) is 0. The first-order valence-electron chi connectivity index (χ1n) is 5.94. The minimum atomic E-state index is -0.161. The third kappa shape index (κ3) is 5.73. The molecule has 0 aliphatic carbocycles. The van der Waals surface area contributed by atoms with Gasteiger partial charge in [0.05, 0.1) is 0 Å². The highest BCUT2D eigenvalue weighted by Crippen LogP contribution is 2.37. The average molecular weight is 253 g/mol. The van der Waals surface area contributed by atoms with Gasteiger partial charge in [-0.1, -0.05) is 6.92 Å². The summed E-state index contributed by atoms with van der Waals surface area (Å²) < 4.78 is 0. The lowest BCUT2D eigenvalue weighted by molar-refractivity contribution is -0.120. The van der Waals surface area contributed by atoms with E-state index in [1.165, 1.54) is 0 Å². The van der Waals surface area contributed by atoms with E-state index in [1.54, 1.807) is 0 Å². The molecule has 5 heteroatoms. The largest absolute Gasteiger partial charge is 0.355 e. The van der Waals surface area contributed by atoms with Gasteiger partial charge in [-0.3, -0.25) is 4.79 Å². The molecule has 0 spiro atoms. The van der Waals surface area contributed by atoms with E-state index in [1.807, 2.05) is 18.7 Å². The molecule has 4 nitrogen and oxygen atoms in total. The maximum absolute atomic E-state index is 11.0. The number of hydrogen-bond acceptors (Lipinski definition) is 4. The second kappa shape index (κ2) is 7.33. The number of thioether (sulfide) groups is 1. The van der Waals surface area contributed by atoms with E-state index < -0.39 is 0 Å². The molecule has 17 heavy (non-hydrogen) atoms. The Bertz CT molecular complexity index is 316. The maximum atomic E-state index is 11.0. The Morgan fingerprint density at radius 1 is 1.41 bits per heavy atom. The Balaban J connectivity index is 1.94. The van der Waals surface area contributed by atoms with Crippen LogP contribution in [0, 0.1) is 12.3 Å². The van der Waals surface area contributed by atoms with Gasteiger partial charge >= 0.3 is 0 Å². The van der Waals surface area contributed by atoms with Crippen molar-refractivity contribution in [3.05, 3.63) is 0 Å². The van der Waals surface area contributed by atoms with Gasteiger partial charge in [-0.15, -0.1) is 12.3 Å². The molecule has 94 valence electrons. The van der Waals surface area contributed by atoms with Crippen LogP contribution in [-0.2, 0) is 4.79 Å². The summed E-state index contributed by atoms with van der Waals surface area (Å²) in [6.45, 7) is 2.59. The van der Waals surface area contributed by atoms with Crippen LogP contribution in [0.3, 0.4) is 0 Å². The van der Waals surface area contributed by atoms with E-state index >= 15 is 0 Å². The fraction of sp³-hybridized carbons (Fsp3) is 0.750. The number of carbonyl (C=O) groups is 1. The summed E-state index contributed by atoms with van der Waals surface area (Å²) in [5, 5.41) is 11.0. The van der Waals surface area contributed by atoms with Gasteiger partial charge in [-0.05, 0) is 5.75 Å². The number of nitrogens with zero attached hydrogens (tertiary/aromatic N) is 2. The van der Waals surface area contributed by atoms with Crippen LogP contribution in [0.25, 0.3) is 0 Å². The second-order valence-electron chi connectivity index (χ2n) is 3.95. The molecule has 0 saturated carbocycles. The molecule has 1 rings (SSSR count). The second-order valence-corrected chi connectivity index (χ2v) is 5.18. The lowest BCUT2D eigenvalue weighted by atomic mass is 10.1. The van der Waals surface area contributed by atoms with Crippen LogP contribution >= 0.6 is 11.8 Å². The van der Waals surface area contributed by atoms with Crippen LogP contribution in [0.4, 0.5) is 0 Å². The van der Waals surface area contributed by atoms with Crippen LogP contribution in [0.15, 0.2) is 10.2 Å². The van der Waals surface area contributed by atoms with Gasteiger partial charge in [0, 0.05) is 38.0 Å². The first kappa shape index (κ1) is 14.0. The zero-order valence-corrected chi connectivity index (χ0v) is 11.1. The Morgan fingerprint density at radius 2 is 2.18 bits per heavy atom. The quantitative estimate of drug-likeness (QED) is 0.506. The standard InChI is InChI=1S/C12H19N3OS/c1-3-5-6-12(14-15-12)7-9-17-10-8-13-11(16)4-2/h1H,4-10H2,2H3,(H,13,16). The minimum Gasteiger partial charge on any atom is -0.355 e. The van der Waals surface area contributed by atoms with Crippen LogP contribution in [-0.4, -0.2) is 29.6 Å². The Morgan fingerprint density at radius 3 is 2.76 bits per heavy atom. The number of hydrogen-bond donors (Lipinski definition) is 1. The molecule has 0 fully saturated rings. The third-order valence-corrected chi connectivity index (χ3v) is 3.57. The van der Waals surface area contributed by atoms with Crippen molar-refractivity contribution in [2.45, 2.75) is 38.3 Å². The molecule has 0 aromatic heterocycles.